The van der Waals surface area contributed by atoms with Gasteiger partial charge in [0, 0.05) is 6.54 Å². The summed E-state index contributed by atoms with van der Waals surface area (Å²) >= 11 is 0. The van der Waals surface area contributed by atoms with Crippen LogP contribution in [0.15, 0.2) is 10.7 Å². The topological polar surface area (TPSA) is 47.3 Å². The third-order valence-electron chi connectivity index (χ3n) is 2.08. The first kappa shape index (κ1) is 12.0. The van der Waals surface area contributed by atoms with Gasteiger partial charge in [0.1, 0.15) is 12.4 Å². The highest BCUT2D eigenvalue weighted by Crippen LogP contribution is 2.13. The molecule has 15 heavy (non-hydrogen) atoms. The predicted octanol–water partition coefficient (Wildman–Crippen LogP) is 2.35. The normalized spacial score (nSPS) is 12.7. The molecule has 4 nitrogen and oxygen atoms in total. The molecule has 1 rings (SSSR count). The molecule has 0 aliphatic rings. The summed E-state index contributed by atoms with van der Waals surface area (Å²) in [4.78, 5) is 4.22. The molecule has 0 radical (unpaired) electrons. The second-order valence-corrected chi connectivity index (χ2v) is 3.60. The number of nitrogens with one attached hydrogen (secondary N) is 1. The van der Waals surface area contributed by atoms with E-state index in [0.717, 1.165) is 31.6 Å². The van der Waals surface area contributed by atoms with Gasteiger partial charge in [-0.25, -0.2) is 0 Å². The summed E-state index contributed by atoms with van der Waals surface area (Å²) in [7, 11) is 0. The number of aromatic nitrogens is 1. The van der Waals surface area contributed by atoms with Gasteiger partial charge in [-0.05, 0) is 19.9 Å². The van der Waals surface area contributed by atoms with Gasteiger partial charge in [0.25, 0.3) is 0 Å². The van der Waals surface area contributed by atoms with Crippen molar-refractivity contribution in [2.45, 2.75) is 46.3 Å². The minimum absolute atomic E-state index is 0.167. The highest BCUT2D eigenvalue weighted by atomic mass is 16.6. The Morgan fingerprint density at radius 3 is 3.00 bits per heavy atom. The number of oxazole rings is 1. The number of rotatable bonds is 7. The molecule has 0 saturated heterocycles. The Bertz CT molecular complexity index is 273. The van der Waals surface area contributed by atoms with Gasteiger partial charge >= 0.3 is 6.08 Å². The molecule has 0 aliphatic carbocycles. The van der Waals surface area contributed by atoms with E-state index in [2.05, 4.69) is 24.1 Å². The maximum atomic E-state index is 5.51. The molecule has 0 fully saturated rings. The van der Waals surface area contributed by atoms with Crippen molar-refractivity contribution in [1.82, 2.24) is 10.3 Å². The van der Waals surface area contributed by atoms with Crippen molar-refractivity contribution >= 4 is 0 Å². The van der Waals surface area contributed by atoms with Crippen LogP contribution in [0.3, 0.4) is 0 Å². The zero-order chi connectivity index (χ0) is 11.1. The lowest BCUT2D eigenvalue weighted by atomic mass is 10.2. The first-order valence-electron chi connectivity index (χ1n) is 5.58. The second-order valence-electron chi connectivity index (χ2n) is 3.60. The Morgan fingerprint density at radius 1 is 1.53 bits per heavy atom. The summed E-state index contributed by atoms with van der Waals surface area (Å²) < 4.78 is 10.7. The molecule has 1 heterocycles. The summed E-state index contributed by atoms with van der Waals surface area (Å²) in [5.74, 6) is 0. The third-order valence-corrected chi connectivity index (χ3v) is 2.08. The standard InChI is InChI=1S/C11H20N2O2/c1-4-6-9(3)15-11-13-10(8-14-11)7-12-5-2/h8-9,12H,4-7H2,1-3H3. The predicted molar refractivity (Wildman–Crippen MR) is 58.9 cm³/mol. The summed E-state index contributed by atoms with van der Waals surface area (Å²) in [6.45, 7) is 7.87. The molecular formula is C11H20N2O2. The molecule has 86 valence electrons. The van der Waals surface area contributed by atoms with Crippen LogP contribution >= 0.6 is 0 Å². The van der Waals surface area contributed by atoms with Crippen molar-refractivity contribution in [2.24, 2.45) is 0 Å². The van der Waals surface area contributed by atoms with Gasteiger partial charge in [0.05, 0.1) is 5.69 Å². The van der Waals surface area contributed by atoms with Crippen LogP contribution in [0.5, 0.6) is 6.08 Å². The monoisotopic (exact) mass is 212 g/mol. The summed E-state index contributed by atoms with van der Waals surface area (Å²) in [6, 6.07) is 0. The molecule has 0 saturated carbocycles. The van der Waals surface area contributed by atoms with Gasteiger partial charge in [-0.3, -0.25) is 0 Å². The van der Waals surface area contributed by atoms with Crippen LogP contribution in [-0.4, -0.2) is 17.6 Å². The minimum atomic E-state index is 0.167. The van der Waals surface area contributed by atoms with Crippen molar-refractivity contribution in [1.29, 1.82) is 0 Å². The molecule has 1 aromatic rings. The van der Waals surface area contributed by atoms with Crippen molar-refractivity contribution in [3.8, 4) is 6.08 Å². The van der Waals surface area contributed by atoms with E-state index in [1.807, 2.05) is 6.92 Å². The molecule has 1 unspecified atom stereocenters. The lowest BCUT2D eigenvalue weighted by Gasteiger charge is -2.08. The Labute approximate surface area is 91.0 Å². The fourth-order valence-corrected chi connectivity index (χ4v) is 1.31. The number of hydrogen-bond acceptors (Lipinski definition) is 4. The van der Waals surface area contributed by atoms with Gasteiger partial charge in [-0.1, -0.05) is 20.3 Å². The van der Waals surface area contributed by atoms with Crippen LogP contribution in [0.1, 0.15) is 39.3 Å². The van der Waals surface area contributed by atoms with Crippen molar-refractivity contribution in [3.63, 3.8) is 0 Å². The summed E-state index contributed by atoms with van der Waals surface area (Å²) in [5.41, 5.74) is 0.885. The Balaban J connectivity index is 2.38. The molecule has 1 aromatic heterocycles. The Kier molecular flexibility index (Phi) is 5.18. The largest absolute Gasteiger partial charge is 0.447 e. The van der Waals surface area contributed by atoms with Crippen molar-refractivity contribution < 1.29 is 9.15 Å². The van der Waals surface area contributed by atoms with Crippen LogP contribution in [0.2, 0.25) is 0 Å². The van der Waals surface area contributed by atoms with E-state index >= 15 is 0 Å². The average molecular weight is 212 g/mol. The minimum Gasteiger partial charge on any atom is -0.447 e. The molecule has 4 heteroatoms. The molecule has 0 spiro atoms. The third kappa shape index (κ3) is 4.34. The van der Waals surface area contributed by atoms with Crippen molar-refractivity contribution in [2.75, 3.05) is 6.54 Å². The Hall–Kier alpha value is -1.03. The molecule has 1 atom stereocenters. The van der Waals surface area contributed by atoms with Gasteiger partial charge in [-0.2, -0.15) is 4.98 Å². The molecule has 1 N–H and O–H groups in total. The fourth-order valence-electron chi connectivity index (χ4n) is 1.31. The van der Waals surface area contributed by atoms with Gasteiger partial charge in [-0.15, -0.1) is 0 Å². The van der Waals surface area contributed by atoms with E-state index in [-0.39, 0.29) is 6.10 Å². The summed E-state index contributed by atoms with van der Waals surface area (Å²) in [5, 5.41) is 3.18. The molecule has 0 aromatic carbocycles. The second kappa shape index (κ2) is 6.45. The van der Waals surface area contributed by atoms with Crippen LogP contribution in [0, 0.1) is 0 Å². The first-order chi connectivity index (χ1) is 7.26. The lowest BCUT2D eigenvalue weighted by molar-refractivity contribution is 0.153. The zero-order valence-corrected chi connectivity index (χ0v) is 9.75. The highest BCUT2D eigenvalue weighted by Gasteiger charge is 2.08. The van der Waals surface area contributed by atoms with Crippen LogP contribution in [-0.2, 0) is 6.54 Å². The average Bonchev–Trinajstić information content (AvgIpc) is 2.63. The highest BCUT2D eigenvalue weighted by molar-refractivity contribution is 4.99. The van der Waals surface area contributed by atoms with Crippen molar-refractivity contribution in [3.05, 3.63) is 12.0 Å². The maximum absolute atomic E-state index is 5.51. The summed E-state index contributed by atoms with van der Waals surface area (Å²) in [6.07, 6.45) is 4.30. The van der Waals surface area contributed by atoms with Gasteiger partial charge in [0.15, 0.2) is 0 Å². The van der Waals surface area contributed by atoms with E-state index in [4.69, 9.17) is 9.15 Å². The van der Waals surface area contributed by atoms with Crippen LogP contribution < -0.4 is 10.1 Å². The van der Waals surface area contributed by atoms with E-state index < -0.39 is 0 Å². The molecular weight excluding hydrogens is 192 g/mol. The molecule has 0 amide bonds. The smallest absolute Gasteiger partial charge is 0.393 e. The lowest BCUT2D eigenvalue weighted by Crippen LogP contribution is -2.13. The van der Waals surface area contributed by atoms with Gasteiger partial charge < -0.3 is 14.5 Å². The van der Waals surface area contributed by atoms with E-state index in [1.54, 1.807) is 6.26 Å². The zero-order valence-electron chi connectivity index (χ0n) is 9.75. The Morgan fingerprint density at radius 2 is 2.33 bits per heavy atom. The first-order valence-corrected chi connectivity index (χ1v) is 5.58. The van der Waals surface area contributed by atoms with Gasteiger partial charge in [0.2, 0.25) is 0 Å². The SMILES string of the molecule is CCCC(C)Oc1nc(CNCC)co1. The quantitative estimate of drug-likeness (QED) is 0.753. The van der Waals surface area contributed by atoms with Crippen LogP contribution in [0.4, 0.5) is 0 Å². The van der Waals surface area contributed by atoms with E-state index in [1.165, 1.54) is 0 Å². The van der Waals surface area contributed by atoms with E-state index in [0.29, 0.717) is 6.08 Å². The number of nitrogens with zero attached hydrogens (tertiary/aromatic N) is 1. The fraction of sp³-hybridized carbons (Fsp3) is 0.727. The number of hydrogen-bond donors (Lipinski definition) is 1. The van der Waals surface area contributed by atoms with E-state index in [9.17, 15) is 0 Å². The molecule has 0 bridgehead atoms. The van der Waals surface area contributed by atoms with Crippen LogP contribution in [0.25, 0.3) is 0 Å². The molecule has 0 aliphatic heterocycles. The number of ether oxygens (including phenoxy) is 1. The maximum Gasteiger partial charge on any atom is 0.393 e.